The van der Waals surface area contributed by atoms with Crippen molar-refractivity contribution in [2.45, 2.75) is 50.2 Å². The Bertz CT molecular complexity index is 1210. The number of imide groups is 1. The van der Waals surface area contributed by atoms with Crippen LogP contribution in [0.5, 0.6) is 0 Å². The SMILES string of the molecule is CC(C)(C)OC(=O)N1CCC(NS(=O)(=O)c2cccc(N3C(=O)c4ccccc4C3=O)c2)CC1. The van der Waals surface area contributed by atoms with Crippen molar-refractivity contribution < 1.29 is 27.5 Å². The zero-order valence-corrected chi connectivity index (χ0v) is 20.1. The minimum atomic E-state index is -3.91. The number of fused-ring (bicyclic) bond motifs is 1. The summed E-state index contributed by atoms with van der Waals surface area (Å²) in [7, 11) is -3.91. The Hall–Kier alpha value is -3.24. The van der Waals surface area contributed by atoms with Gasteiger partial charge in [-0.3, -0.25) is 9.59 Å². The van der Waals surface area contributed by atoms with Gasteiger partial charge < -0.3 is 9.64 Å². The minimum absolute atomic E-state index is 0.0453. The first-order valence-electron chi connectivity index (χ1n) is 11.0. The average molecular weight is 486 g/mol. The lowest BCUT2D eigenvalue weighted by Gasteiger charge is -2.33. The number of anilines is 1. The highest BCUT2D eigenvalue weighted by atomic mass is 32.2. The maximum atomic E-state index is 13.0. The number of sulfonamides is 1. The second-order valence-electron chi connectivity index (χ2n) is 9.35. The molecule has 2 aromatic rings. The van der Waals surface area contributed by atoms with Gasteiger partial charge in [-0.05, 0) is 63.9 Å². The molecule has 1 saturated heterocycles. The molecule has 0 saturated carbocycles. The zero-order valence-electron chi connectivity index (χ0n) is 19.3. The summed E-state index contributed by atoms with van der Waals surface area (Å²) in [6.07, 6.45) is 0.468. The van der Waals surface area contributed by atoms with Crippen LogP contribution in [0.2, 0.25) is 0 Å². The predicted molar refractivity (Wildman–Crippen MR) is 125 cm³/mol. The summed E-state index contributed by atoms with van der Waals surface area (Å²) < 4.78 is 34.1. The minimum Gasteiger partial charge on any atom is -0.444 e. The van der Waals surface area contributed by atoms with Crippen LogP contribution in [0.1, 0.15) is 54.3 Å². The molecule has 3 amide bonds. The molecule has 2 aromatic carbocycles. The number of piperidine rings is 1. The van der Waals surface area contributed by atoms with E-state index in [1.807, 2.05) is 0 Å². The van der Waals surface area contributed by atoms with E-state index < -0.39 is 33.5 Å². The normalized spacial score (nSPS) is 17.1. The third-order valence-corrected chi connectivity index (χ3v) is 7.17. The van der Waals surface area contributed by atoms with Crippen molar-refractivity contribution >= 4 is 33.6 Å². The van der Waals surface area contributed by atoms with Crippen LogP contribution >= 0.6 is 0 Å². The molecule has 0 aromatic heterocycles. The summed E-state index contributed by atoms with van der Waals surface area (Å²) >= 11 is 0. The van der Waals surface area contributed by atoms with Gasteiger partial charge in [0, 0.05) is 19.1 Å². The molecule has 0 bridgehead atoms. The van der Waals surface area contributed by atoms with Gasteiger partial charge in [0.2, 0.25) is 10.0 Å². The summed E-state index contributed by atoms with van der Waals surface area (Å²) in [4.78, 5) is 40.3. The summed E-state index contributed by atoms with van der Waals surface area (Å²) in [6.45, 7) is 6.12. The molecule has 0 aliphatic carbocycles. The van der Waals surface area contributed by atoms with Crippen LogP contribution in [0.4, 0.5) is 10.5 Å². The highest BCUT2D eigenvalue weighted by molar-refractivity contribution is 7.89. The molecule has 0 spiro atoms. The second kappa shape index (κ2) is 8.84. The molecule has 2 aliphatic rings. The van der Waals surface area contributed by atoms with Crippen molar-refractivity contribution in [2.75, 3.05) is 18.0 Å². The molecular weight excluding hydrogens is 458 g/mol. The van der Waals surface area contributed by atoms with Crippen LogP contribution in [0.25, 0.3) is 0 Å². The van der Waals surface area contributed by atoms with E-state index in [4.69, 9.17) is 4.74 Å². The van der Waals surface area contributed by atoms with Crippen molar-refractivity contribution in [3.8, 4) is 0 Å². The molecule has 2 heterocycles. The smallest absolute Gasteiger partial charge is 0.410 e. The van der Waals surface area contributed by atoms with Gasteiger partial charge in [0.15, 0.2) is 0 Å². The molecule has 10 heteroatoms. The van der Waals surface area contributed by atoms with E-state index in [1.165, 1.54) is 24.3 Å². The molecule has 4 rings (SSSR count). The molecule has 2 aliphatic heterocycles. The van der Waals surface area contributed by atoms with Gasteiger partial charge >= 0.3 is 6.09 Å². The first-order valence-corrected chi connectivity index (χ1v) is 12.5. The number of carbonyl (C=O) groups is 3. The Balaban J connectivity index is 1.45. The third kappa shape index (κ3) is 4.83. The van der Waals surface area contributed by atoms with Crippen molar-refractivity contribution in [1.29, 1.82) is 0 Å². The monoisotopic (exact) mass is 485 g/mol. The van der Waals surface area contributed by atoms with Gasteiger partial charge in [-0.15, -0.1) is 0 Å². The fraction of sp³-hybridized carbons (Fsp3) is 0.375. The Morgan fingerprint density at radius 1 is 0.971 bits per heavy atom. The lowest BCUT2D eigenvalue weighted by molar-refractivity contribution is 0.0203. The van der Waals surface area contributed by atoms with Gasteiger partial charge in [0.25, 0.3) is 11.8 Å². The zero-order chi connectivity index (χ0) is 24.7. The number of amides is 3. The predicted octanol–water partition coefficient (Wildman–Crippen LogP) is 3.17. The van der Waals surface area contributed by atoms with E-state index in [-0.39, 0.29) is 27.8 Å². The number of rotatable bonds is 4. The molecule has 0 atom stereocenters. The number of hydrogen-bond acceptors (Lipinski definition) is 6. The molecule has 180 valence electrons. The highest BCUT2D eigenvalue weighted by Gasteiger charge is 2.37. The Labute approximate surface area is 198 Å². The fourth-order valence-electron chi connectivity index (χ4n) is 4.01. The molecule has 0 unspecified atom stereocenters. The van der Waals surface area contributed by atoms with E-state index in [1.54, 1.807) is 49.9 Å². The number of hydrogen-bond donors (Lipinski definition) is 1. The topological polar surface area (TPSA) is 113 Å². The maximum Gasteiger partial charge on any atom is 0.410 e. The van der Waals surface area contributed by atoms with Crippen LogP contribution in [0, 0.1) is 0 Å². The summed E-state index contributed by atoms with van der Waals surface area (Å²) in [5.41, 5.74) is 0.167. The molecule has 34 heavy (non-hydrogen) atoms. The van der Waals surface area contributed by atoms with Gasteiger partial charge in [-0.2, -0.15) is 0 Å². The van der Waals surface area contributed by atoms with E-state index in [0.29, 0.717) is 25.9 Å². The summed E-state index contributed by atoms with van der Waals surface area (Å²) in [5, 5.41) is 0. The largest absolute Gasteiger partial charge is 0.444 e. The molecule has 1 fully saturated rings. The summed E-state index contributed by atoms with van der Waals surface area (Å²) in [6, 6.07) is 11.9. The van der Waals surface area contributed by atoms with E-state index >= 15 is 0 Å². The van der Waals surface area contributed by atoms with E-state index in [2.05, 4.69) is 4.72 Å². The van der Waals surface area contributed by atoms with Crippen LogP contribution in [0.3, 0.4) is 0 Å². The Morgan fingerprint density at radius 2 is 1.56 bits per heavy atom. The third-order valence-electron chi connectivity index (χ3n) is 5.65. The Kier molecular flexibility index (Phi) is 6.22. The van der Waals surface area contributed by atoms with E-state index in [9.17, 15) is 22.8 Å². The van der Waals surface area contributed by atoms with Gasteiger partial charge in [-0.25, -0.2) is 22.8 Å². The fourth-order valence-corrected chi connectivity index (χ4v) is 5.35. The number of likely N-dealkylation sites (tertiary alicyclic amines) is 1. The molecular formula is C24H27N3O6S. The number of ether oxygens (including phenoxy) is 1. The standard InChI is InChI=1S/C24H27N3O6S/c1-24(2,3)33-23(30)26-13-11-16(12-14-26)25-34(31,32)18-8-6-7-17(15-18)27-21(28)19-9-4-5-10-20(19)22(27)29/h4-10,15-16,25H,11-14H2,1-3H3. The van der Waals surface area contributed by atoms with E-state index in [0.717, 1.165) is 4.90 Å². The lowest BCUT2D eigenvalue weighted by atomic mass is 10.1. The molecule has 1 N–H and O–H groups in total. The first-order chi connectivity index (χ1) is 16.0. The highest BCUT2D eigenvalue weighted by Crippen LogP contribution is 2.30. The first kappa shape index (κ1) is 23.9. The van der Waals surface area contributed by atoms with Crippen molar-refractivity contribution in [1.82, 2.24) is 9.62 Å². The van der Waals surface area contributed by atoms with Crippen molar-refractivity contribution in [3.05, 3.63) is 59.7 Å². The van der Waals surface area contributed by atoms with Crippen LogP contribution in [0.15, 0.2) is 53.4 Å². The number of nitrogens with one attached hydrogen (secondary N) is 1. The summed E-state index contributed by atoms with van der Waals surface area (Å²) in [5.74, 6) is -0.977. The average Bonchev–Trinajstić information content (AvgIpc) is 3.03. The maximum absolute atomic E-state index is 13.0. The Morgan fingerprint density at radius 3 is 2.12 bits per heavy atom. The van der Waals surface area contributed by atoms with Gasteiger partial charge in [-0.1, -0.05) is 18.2 Å². The number of nitrogens with zero attached hydrogens (tertiary/aromatic N) is 2. The second-order valence-corrected chi connectivity index (χ2v) is 11.1. The van der Waals surface area contributed by atoms with Crippen LogP contribution in [-0.2, 0) is 14.8 Å². The van der Waals surface area contributed by atoms with Crippen LogP contribution in [-0.4, -0.2) is 56.0 Å². The molecule has 9 nitrogen and oxygen atoms in total. The number of carbonyl (C=O) groups excluding carboxylic acids is 3. The molecule has 0 radical (unpaired) electrons. The number of benzene rings is 2. The quantitative estimate of drug-likeness (QED) is 0.666. The van der Waals surface area contributed by atoms with Crippen molar-refractivity contribution in [3.63, 3.8) is 0 Å². The van der Waals surface area contributed by atoms with Crippen molar-refractivity contribution in [2.24, 2.45) is 0 Å². The lowest BCUT2D eigenvalue weighted by Crippen LogP contribution is -2.47. The van der Waals surface area contributed by atoms with Crippen LogP contribution < -0.4 is 9.62 Å². The van der Waals surface area contributed by atoms with Gasteiger partial charge in [0.05, 0.1) is 21.7 Å². The van der Waals surface area contributed by atoms with Gasteiger partial charge in [0.1, 0.15) is 5.60 Å².